The minimum atomic E-state index is -3.37. The van der Waals surface area contributed by atoms with Crippen molar-refractivity contribution in [1.82, 2.24) is 4.98 Å². The maximum absolute atomic E-state index is 11.1. The molecule has 0 aliphatic carbocycles. The van der Waals surface area contributed by atoms with Crippen LogP contribution in [0.1, 0.15) is 0 Å². The first-order chi connectivity index (χ1) is 5.93. The third kappa shape index (κ3) is 2.09. The third-order valence-corrected chi connectivity index (χ3v) is 2.73. The first-order valence-corrected chi connectivity index (χ1v) is 5.35. The number of sulfonamides is 1. The van der Waals surface area contributed by atoms with Gasteiger partial charge >= 0.3 is 0 Å². The summed E-state index contributed by atoms with van der Waals surface area (Å²) in [6.45, 7) is 0. The van der Waals surface area contributed by atoms with E-state index in [0.717, 1.165) is 10.6 Å². The van der Waals surface area contributed by atoms with Crippen molar-refractivity contribution in [2.75, 3.05) is 17.6 Å². The van der Waals surface area contributed by atoms with Gasteiger partial charge in [-0.15, -0.1) is 0 Å². The van der Waals surface area contributed by atoms with Gasteiger partial charge in [-0.2, -0.15) is 0 Å². The van der Waals surface area contributed by atoms with Gasteiger partial charge in [0.1, 0.15) is 0 Å². The second-order valence-electron chi connectivity index (χ2n) is 2.58. The molecule has 0 bridgehead atoms. The highest BCUT2D eigenvalue weighted by atomic mass is 32.2. The van der Waals surface area contributed by atoms with Crippen LogP contribution in [0.3, 0.4) is 0 Å². The Morgan fingerprint density at radius 3 is 2.62 bits per heavy atom. The number of nitrogens with zero attached hydrogens (tertiary/aromatic N) is 2. The van der Waals surface area contributed by atoms with Crippen LogP contribution in [0.4, 0.5) is 5.82 Å². The fourth-order valence-corrected chi connectivity index (χ4v) is 1.24. The van der Waals surface area contributed by atoms with Crippen LogP contribution < -0.4 is 4.31 Å². The van der Waals surface area contributed by atoms with E-state index < -0.39 is 10.0 Å². The fraction of sp³-hybridized carbons (Fsp3) is 0.286. The number of hydrogen-bond acceptors (Lipinski definition) is 4. The second-order valence-corrected chi connectivity index (χ2v) is 4.59. The molecule has 0 aliphatic heterocycles. The minimum absolute atomic E-state index is 0.0324. The molecule has 5 nitrogen and oxygen atoms in total. The maximum atomic E-state index is 11.1. The van der Waals surface area contributed by atoms with Crippen molar-refractivity contribution >= 4 is 15.8 Å². The number of hydrogen-bond donors (Lipinski definition) is 1. The SMILES string of the molecule is CN(c1ncccc1O)S(C)(=O)=O. The maximum Gasteiger partial charge on any atom is 0.233 e. The normalized spacial score (nSPS) is 11.2. The van der Waals surface area contributed by atoms with Gasteiger partial charge in [-0.1, -0.05) is 0 Å². The summed E-state index contributed by atoms with van der Waals surface area (Å²) in [6, 6.07) is 2.90. The van der Waals surface area contributed by atoms with Gasteiger partial charge in [-0.05, 0) is 12.1 Å². The van der Waals surface area contributed by atoms with E-state index >= 15 is 0 Å². The highest BCUT2D eigenvalue weighted by Crippen LogP contribution is 2.23. The molecule has 1 aromatic heterocycles. The Morgan fingerprint density at radius 2 is 2.15 bits per heavy atom. The number of rotatable bonds is 2. The molecular formula is C7H10N2O3S. The average Bonchev–Trinajstić information content (AvgIpc) is 2.02. The molecular weight excluding hydrogens is 192 g/mol. The van der Waals surface area contributed by atoms with E-state index in [0.29, 0.717) is 0 Å². The van der Waals surface area contributed by atoms with Crippen molar-refractivity contribution in [3.8, 4) is 5.75 Å². The Bertz CT molecular complexity index is 402. The quantitative estimate of drug-likeness (QED) is 0.742. The molecule has 0 saturated carbocycles. The lowest BCUT2D eigenvalue weighted by atomic mass is 10.4. The Kier molecular flexibility index (Phi) is 2.42. The van der Waals surface area contributed by atoms with Crippen LogP contribution in [0.2, 0.25) is 0 Å². The first kappa shape index (κ1) is 9.79. The number of aromatic nitrogens is 1. The Balaban J connectivity index is 3.17. The number of pyridine rings is 1. The van der Waals surface area contributed by atoms with Gasteiger partial charge in [-0.3, -0.25) is 4.31 Å². The zero-order valence-electron chi connectivity index (χ0n) is 7.30. The predicted molar refractivity (Wildman–Crippen MR) is 49.1 cm³/mol. The van der Waals surface area contributed by atoms with Crippen molar-refractivity contribution in [1.29, 1.82) is 0 Å². The topological polar surface area (TPSA) is 70.5 Å². The molecule has 0 atom stereocenters. The largest absolute Gasteiger partial charge is 0.504 e. The van der Waals surface area contributed by atoms with E-state index in [1.165, 1.54) is 25.4 Å². The highest BCUT2D eigenvalue weighted by molar-refractivity contribution is 7.92. The van der Waals surface area contributed by atoms with Gasteiger partial charge in [-0.25, -0.2) is 13.4 Å². The average molecular weight is 202 g/mol. The van der Waals surface area contributed by atoms with Crippen molar-refractivity contribution in [2.45, 2.75) is 0 Å². The molecule has 0 aromatic carbocycles. The lowest BCUT2D eigenvalue weighted by Gasteiger charge is -2.15. The monoisotopic (exact) mass is 202 g/mol. The van der Waals surface area contributed by atoms with Gasteiger partial charge in [0.05, 0.1) is 6.26 Å². The van der Waals surface area contributed by atoms with Crippen LogP contribution >= 0.6 is 0 Å². The molecule has 1 aromatic rings. The molecule has 0 aliphatic rings. The van der Waals surface area contributed by atoms with E-state index in [1.54, 1.807) is 0 Å². The molecule has 0 saturated heterocycles. The van der Waals surface area contributed by atoms with E-state index in [1.807, 2.05) is 0 Å². The summed E-state index contributed by atoms with van der Waals surface area (Å²) in [7, 11) is -2.04. The highest BCUT2D eigenvalue weighted by Gasteiger charge is 2.15. The summed E-state index contributed by atoms with van der Waals surface area (Å²) in [5, 5.41) is 9.28. The fourth-order valence-electron chi connectivity index (χ4n) is 0.788. The molecule has 1 rings (SSSR count). The molecule has 0 amide bonds. The van der Waals surface area contributed by atoms with Crippen LogP contribution in [-0.4, -0.2) is 31.8 Å². The van der Waals surface area contributed by atoms with Crippen LogP contribution in [0.25, 0.3) is 0 Å². The standard InChI is InChI=1S/C7H10N2O3S/c1-9(13(2,11)12)7-6(10)4-3-5-8-7/h3-5,10H,1-2H3. The lowest BCUT2D eigenvalue weighted by molar-refractivity contribution is 0.473. The van der Waals surface area contributed by atoms with Crippen molar-refractivity contribution in [3.05, 3.63) is 18.3 Å². The predicted octanol–water partition coefficient (Wildman–Crippen LogP) is 0.183. The number of anilines is 1. The van der Waals surface area contributed by atoms with Gasteiger partial charge in [0.25, 0.3) is 0 Å². The van der Waals surface area contributed by atoms with Crippen LogP contribution in [0, 0.1) is 0 Å². The Morgan fingerprint density at radius 1 is 1.54 bits per heavy atom. The molecule has 0 unspecified atom stereocenters. The summed E-state index contributed by atoms with van der Waals surface area (Å²) in [5.41, 5.74) is 0. The summed E-state index contributed by atoms with van der Waals surface area (Å²) in [5.74, 6) is -0.125. The minimum Gasteiger partial charge on any atom is -0.504 e. The van der Waals surface area contributed by atoms with Crippen molar-refractivity contribution < 1.29 is 13.5 Å². The Hall–Kier alpha value is -1.30. The molecule has 0 radical (unpaired) electrons. The number of aromatic hydroxyl groups is 1. The smallest absolute Gasteiger partial charge is 0.233 e. The lowest BCUT2D eigenvalue weighted by Crippen LogP contribution is -2.25. The third-order valence-electron chi connectivity index (χ3n) is 1.56. The van der Waals surface area contributed by atoms with Crippen LogP contribution in [-0.2, 0) is 10.0 Å². The van der Waals surface area contributed by atoms with Crippen LogP contribution in [0.5, 0.6) is 5.75 Å². The van der Waals surface area contributed by atoms with Crippen LogP contribution in [0.15, 0.2) is 18.3 Å². The van der Waals surface area contributed by atoms with E-state index in [-0.39, 0.29) is 11.6 Å². The van der Waals surface area contributed by atoms with Gasteiger partial charge in [0.2, 0.25) is 10.0 Å². The molecule has 1 N–H and O–H groups in total. The molecule has 6 heteroatoms. The molecule has 72 valence electrons. The van der Waals surface area contributed by atoms with Crippen molar-refractivity contribution in [3.63, 3.8) is 0 Å². The Labute approximate surface area is 76.7 Å². The molecule has 13 heavy (non-hydrogen) atoms. The summed E-state index contributed by atoms with van der Waals surface area (Å²) < 4.78 is 23.0. The molecule has 0 fully saturated rings. The zero-order chi connectivity index (χ0) is 10.1. The molecule has 0 spiro atoms. The van der Waals surface area contributed by atoms with E-state index in [4.69, 9.17) is 0 Å². The van der Waals surface area contributed by atoms with Crippen molar-refractivity contribution in [2.24, 2.45) is 0 Å². The summed E-state index contributed by atoms with van der Waals surface area (Å²) >= 11 is 0. The first-order valence-electron chi connectivity index (χ1n) is 3.51. The van der Waals surface area contributed by atoms with E-state index in [2.05, 4.69) is 4.98 Å². The second kappa shape index (κ2) is 3.21. The van der Waals surface area contributed by atoms with E-state index in [9.17, 15) is 13.5 Å². The van der Waals surface area contributed by atoms with Gasteiger partial charge < -0.3 is 5.11 Å². The zero-order valence-corrected chi connectivity index (χ0v) is 8.11. The van der Waals surface area contributed by atoms with Gasteiger partial charge in [0.15, 0.2) is 11.6 Å². The van der Waals surface area contributed by atoms with Gasteiger partial charge in [0, 0.05) is 13.2 Å². The summed E-state index contributed by atoms with van der Waals surface area (Å²) in [6.07, 6.45) is 2.46. The summed E-state index contributed by atoms with van der Waals surface area (Å²) in [4.78, 5) is 3.74. The molecule has 1 heterocycles.